The van der Waals surface area contributed by atoms with Gasteiger partial charge in [0.15, 0.2) is 0 Å². The van der Waals surface area contributed by atoms with Crippen LogP contribution < -0.4 is 0 Å². The van der Waals surface area contributed by atoms with Crippen LogP contribution in [0.2, 0.25) is 0 Å². The smallest absolute Gasteiger partial charge is 0.325 e. The number of hydrogen-bond donors (Lipinski definition) is 0. The molecule has 6 nitrogen and oxygen atoms in total. The number of ether oxygens (including phenoxy) is 1. The number of non-ortho nitro benzene ring substituents is 1. The van der Waals surface area contributed by atoms with Crippen molar-refractivity contribution in [1.82, 2.24) is 4.90 Å². The van der Waals surface area contributed by atoms with E-state index in [9.17, 15) is 14.9 Å². The molecule has 1 heterocycles. The van der Waals surface area contributed by atoms with Crippen LogP contribution in [0.4, 0.5) is 5.69 Å². The first-order chi connectivity index (χ1) is 11.1. The summed E-state index contributed by atoms with van der Waals surface area (Å²) in [5.41, 5.74) is 1.86. The van der Waals surface area contributed by atoms with Crippen molar-refractivity contribution < 1.29 is 14.5 Å². The standard InChI is InChI=1S/C17H16N2O4/c1-23-17(20)16-15(13-8-5-9-14(10-13)19(21)22)18(16)11-12-6-3-2-4-7-12/h2-10,15-16H,11H2,1H3. The largest absolute Gasteiger partial charge is 0.468 e. The molecular formula is C17H16N2O4. The van der Waals surface area contributed by atoms with Gasteiger partial charge in [0, 0.05) is 18.7 Å². The van der Waals surface area contributed by atoms with E-state index in [1.165, 1.54) is 19.2 Å². The molecule has 1 saturated heterocycles. The number of hydrogen-bond acceptors (Lipinski definition) is 5. The fraction of sp³-hybridized carbons (Fsp3) is 0.235. The highest BCUT2D eigenvalue weighted by Crippen LogP contribution is 2.45. The van der Waals surface area contributed by atoms with E-state index in [4.69, 9.17) is 4.74 Å². The monoisotopic (exact) mass is 312 g/mol. The maximum atomic E-state index is 12.0. The predicted octanol–water partition coefficient (Wildman–Crippen LogP) is 2.69. The molecule has 0 saturated carbocycles. The molecule has 0 radical (unpaired) electrons. The van der Waals surface area contributed by atoms with E-state index in [2.05, 4.69) is 0 Å². The number of nitrogens with zero attached hydrogens (tertiary/aromatic N) is 2. The van der Waals surface area contributed by atoms with Crippen molar-refractivity contribution in [3.8, 4) is 0 Å². The van der Waals surface area contributed by atoms with E-state index >= 15 is 0 Å². The minimum absolute atomic E-state index is 0.0256. The van der Waals surface area contributed by atoms with Crippen LogP contribution in [0.3, 0.4) is 0 Å². The summed E-state index contributed by atoms with van der Waals surface area (Å²) in [6.07, 6.45) is 0. The Kier molecular flexibility index (Phi) is 4.08. The molecule has 0 aliphatic carbocycles. The van der Waals surface area contributed by atoms with E-state index in [0.717, 1.165) is 11.1 Å². The van der Waals surface area contributed by atoms with Crippen LogP contribution in [0.5, 0.6) is 0 Å². The second-order valence-corrected chi connectivity index (χ2v) is 5.42. The minimum atomic E-state index is -0.430. The lowest BCUT2D eigenvalue weighted by Crippen LogP contribution is -2.14. The zero-order valence-corrected chi connectivity index (χ0v) is 12.6. The van der Waals surface area contributed by atoms with Crippen LogP contribution in [0.15, 0.2) is 54.6 Å². The van der Waals surface area contributed by atoms with Crippen LogP contribution in [0.1, 0.15) is 17.2 Å². The van der Waals surface area contributed by atoms with Gasteiger partial charge in [0.25, 0.3) is 5.69 Å². The zero-order valence-electron chi connectivity index (χ0n) is 12.6. The number of esters is 1. The van der Waals surface area contributed by atoms with Crippen molar-refractivity contribution >= 4 is 11.7 Å². The van der Waals surface area contributed by atoms with E-state index in [-0.39, 0.29) is 17.7 Å². The lowest BCUT2D eigenvalue weighted by Gasteiger charge is -2.04. The highest BCUT2D eigenvalue weighted by molar-refractivity contribution is 5.80. The van der Waals surface area contributed by atoms with Gasteiger partial charge in [0.2, 0.25) is 0 Å². The SMILES string of the molecule is COC(=O)C1C(c2cccc([N+](=O)[O-])c2)N1Cc1ccccc1. The van der Waals surface area contributed by atoms with Crippen molar-refractivity contribution in [3.05, 3.63) is 75.8 Å². The maximum absolute atomic E-state index is 12.0. The fourth-order valence-corrected chi connectivity index (χ4v) is 2.85. The Morgan fingerprint density at radius 3 is 2.61 bits per heavy atom. The topological polar surface area (TPSA) is 72.5 Å². The van der Waals surface area contributed by atoms with Crippen LogP contribution in [0.25, 0.3) is 0 Å². The van der Waals surface area contributed by atoms with E-state index < -0.39 is 11.0 Å². The van der Waals surface area contributed by atoms with Gasteiger partial charge in [-0.05, 0) is 11.1 Å². The summed E-state index contributed by atoms with van der Waals surface area (Å²) in [5.74, 6) is -0.322. The number of nitro groups is 1. The number of nitro benzene ring substituents is 1. The van der Waals surface area contributed by atoms with Crippen molar-refractivity contribution in [2.24, 2.45) is 0 Å². The number of methoxy groups -OCH3 is 1. The third kappa shape index (κ3) is 3.07. The van der Waals surface area contributed by atoms with Gasteiger partial charge in [-0.25, -0.2) is 0 Å². The summed E-state index contributed by atoms with van der Waals surface area (Å²) in [6.45, 7) is 0.591. The number of benzene rings is 2. The second-order valence-electron chi connectivity index (χ2n) is 5.42. The van der Waals surface area contributed by atoms with Gasteiger partial charge in [-0.3, -0.25) is 19.8 Å². The summed E-state index contributed by atoms with van der Waals surface area (Å²) >= 11 is 0. The molecule has 0 N–H and O–H groups in total. The first-order valence-corrected chi connectivity index (χ1v) is 7.23. The lowest BCUT2D eigenvalue weighted by molar-refractivity contribution is -0.384. The second kappa shape index (κ2) is 6.18. The average molecular weight is 312 g/mol. The molecule has 23 heavy (non-hydrogen) atoms. The van der Waals surface area contributed by atoms with E-state index in [1.54, 1.807) is 12.1 Å². The van der Waals surface area contributed by atoms with Gasteiger partial charge in [0.05, 0.1) is 18.1 Å². The first-order valence-electron chi connectivity index (χ1n) is 7.23. The Morgan fingerprint density at radius 2 is 1.96 bits per heavy atom. The van der Waals surface area contributed by atoms with Crippen molar-refractivity contribution in [2.75, 3.05) is 7.11 Å². The summed E-state index contributed by atoms with van der Waals surface area (Å²) in [7, 11) is 1.35. The van der Waals surface area contributed by atoms with Crippen LogP contribution in [0, 0.1) is 10.1 Å². The highest BCUT2D eigenvalue weighted by atomic mass is 16.6. The molecule has 0 bridgehead atoms. The van der Waals surface area contributed by atoms with Gasteiger partial charge in [-0.15, -0.1) is 0 Å². The van der Waals surface area contributed by atoms with Gasteiger partial charge in [-0.2, -0.15) is 0 Å². The lowest BCUT2D eigenvalue weighted by atomic mass is 10.1. The van der Waals surface area contributed by atoms with Gasteiger partial charge in [-0.1, -0.05) is 42.5 Å². The molecule has 3 atom stereocenters. The zero-order chi connectivity index (χ0) is 16.4. The maximum Gasteiger partial charge on any atom is 0.325 e. The Labute approximate surface area is 133 Å². The van der Waals surface area contributed by atoms with Gasteiger partial charge >= 0.3 is 5.97 Å². The molecular weight excluding hydrogens is 296 g/mol. The molecule has 2 aromatic rings. The minimum Gasteiger partial charge on any atom is -0.468 e. The quantitative estimate of drug-likeness (QED) is 0.367. The molecule has 3 rings (SSSR count). The number of rotatable bonds is 5. The molecule has 118 valence electrons. The molecule has 0 spiro atoms. The third-order valence-corrected chi connectivity index (χ3v) is 4.00. The summed E-state index contributed by atoms with van der Waals surface area (Å²) in [6, 6.07) is 15.6. The van der Waals surface area contributed by atoms with Crippen molar-refractivity contribution in [3.63, 3.8) is 0 Å². The Morgan fingerprint density at radius 1 is 1.22 bits per heavy atom. The Balaban J connectivity index is 1.85. The first kappa shape index (κ1) is 15.2. The average Bonchev–Trinajstić information content (AvgIpc) is 3.29. The molecule has 1 fully saturated rings. The van der Waals surface area contributed by atoms with E-state index in [0.29, 0.717) is 6.54 Å². The number of carbonyl (C=O) groups excluding carboxylic acids is 1. The molecule has 0 amide bonds. The van der Waals surface area contributed by atoms with Crippen molar-refractivity contribution in [1.29, 1.82) is 0 Å². The molecule has 6 heteroatoms. The van der Waals surface area contributed by atoms with Crippen LogP contribution in [-0.4, -0.2) is 28.9 Å². The molecule has 0 aromatic heterocycles. The normalized spacial score (nSPS) is 22.4. The summed E-state index contributed by atoms with van der Waals surface area (Å²) in [5, 5.41) is 10.9. The van der Waals surface area contributed by atoms with Crippen LogP contribution >= 0.6 is 0 Å². The van der Waals surface area contributed by atoms with E-state index in [1.807, 2.05) is 35.2 Å². The summed E-state index contributed by atoms with van der Waals surface area (Å²) in [4.78, 5) is 24.5. The Hall–Kier alpha value is -2.73. The summed E-state index contributed by atoms with van der Waals surface area (Å²) < 4.78 is 4.86. The molecule has 1 aliphatic rings. The fourth-order valence-electron chi connectivity index (χ4n) is 2.85. The van der Waals surface area contributed by atoms with Crippen LogP contribution in [-0.2, 0) is 16.1 Å². The van der Waals surface area contributed by atoms with Gasteiger partial charge < -0.3 is 4.74 Å². The molecule has 2 aromatic carbocycles. The highest BCUT2D eigenvalue weighted by Gasteiger charge is 2.54. The Bertz CT molecular complexity index is 732. The van der Waals surface area contributed by atoms with Gasteiger partial charge in [0.1, 0.15) is 6.04 Å². The predicted molar refractivity (Wildman–Crippen MR) is 83.6 cm³/mol. The third-order valence-electron chi connectivity index (χ3n) is 4.00. The molecule has 1 aliphatic heterocycles. The van der Waals surface area contributed by atoms with Crippen molar-refractivity contribution in [2.45, 2.75) is 18.6 Å². The molecule has 3 unspecified atom stereocenters. The number of carbonyl (C=O) groups is 1.